The Morgan fingerprint density at radius 3 is 2.36 bits per heavy atom. The minimum absolute atomic E-state index is 0.269. The van der Waals surface area contributed by atoms with Crippen molar-refractivity contribution in [1.29, 1.82) is 0 Å². The minimum Gasteiger partial charge on any atom is -0.480 e. The summed E-state index contributed by atoms with van der Waals surface area (Å²) in [6, 6.07) is 4.99. The van der Waals surface area contributed by atoms with Gasteiger partial charge in [-0.15, -0.1) is 0 Å². The van der Waals surface area contributed by atoms with Crippen LogP contribution in [0.1, 0.15) is 42.1 Å². The van der Waals surface area contributed by atoms with Gasteiger partial charge in [0.2, 0.25) is 0 Å². The minimum atomic E-state index is -1.04. The molecule has 0 heterocycles. The number of nitrogens with two attached hydrogens (primary N) is 1. The van der Waals surface area contributed by atoms with Crippen LogP contribution in [0.25, 0.3) is 0 Å². The monoisotopic (exact) mass is 307 g/mol. The molecule has 7 heteroatoms. The molecule has 7 nitrogen and oxygen atoms in total. The lowest BCUT2D eigenvalue weighted by molar-refractivity contribution is -0.139. The molecule has 0 aromatic heterocycles. The number of hydrogen-bond donors (Lipinski definition) is 4. The number of rotatable bonds is 8. The highest BCUT2D eigenvalue weighted by molar-refractivity contribution is 5.96. The molecule has 1 rings (SSSR count). The molecule has 0 spiro atoms. The highest BCUT2D eigenvalue weighted by Gasteiger charge is 2.19. The van der Waals surface area contributed by atoms with Crippen molar-refractivity contribution in [2.45, 2.75) is 38.8 Å². The van der Waals surface area contributed by atoms with Gasteiger partial charge in [-0.25, -0.2) is 9.59 Å². The van der Waals surface area contributed by atoms with E-state index >= 15 is 0 Å². The molecule has 0 fully saturated rings. The van der Waals surface area contributed by atoms with Crippen molar-refractivity contribution in [3.63, 3.8) is 0 Å². The van der Waals surface area contributed by atoms with E-state index in [0.29, 0.717) is 12.0 Å². The van der Waals surface area contributed by atoms with E-state index in [2.05, 4.69) is 10.6 Å². The highest BCUT2D eigenvalue weighted by atomic mass is 16.4. The lowest BCUT2D eigenvalue weighted by atomic mass is 10.1. The van der Waals surface area contributed by atoms with E-state index in [1.54, 1.807) is 24.3 Å². The van der Waals surface area contributed by atoms with Crippen LogP contribution in [0.4, 0.5) is 4.79 Å². The molecular weight excluding hydrogens is 286 g/mol. The predicted molar refractivity (Wildman–Crippen MR) is 81.3 cm³/mol. The number of amides is 3. The quantitative estimate of drug-likeness (QED) is 0.577. The molecule has 5 N–H and O–H groups in total. The highest BCUT2D eigenvalue weighted by Crippen LogP contribution is 2.07. The zero-order valence-electron chi connectivity index (χ0n) is 12.5. The number of urea groups is 1. The van der Waals surface area contributed by atoms with E-state index < -0.39 is 23.9 Å². The molecule has 0 aliphatic carbocycles. The maximum atomic E-state index is 12.0. The summed E-state index contributed by atoms with van der Waals surface area (Å²) in [5.74, 6) is -1.47. The molecule has 0 aliphatic rings. The zero-order valence-corrected chi connectivity index (χ0v) is 12.5. The van der Waals surface area contributed by atoms with Crippen molar-refractivity contribution in [2.24, 2.45) is 5.73 Å². The zero-order chi connectivity index (χ0) is 16.5. The number of carboxylic acid groups (broad SMARTS) is 1. The van der Waals surface area contributed by atoms with Gasteiger partial charge in [-0.05, 0) is 24.1 Å². The first kappa shape index (κ1) is 17.5. The van der Waals surface area contributed by atoms with Gasteiger partial charge in [-0.2, -0.15) is 0 Å². The van der Waals surface area contributed by atoms with E-state index in [0.717, 1.165) is 18.4 Å². The van der Waals surface area contributed by atoms with Crippen molar-refractivity contribution in [2.75, 3.05) is 0 Å². The molecule has 0 aliphatic heterocycles. The number of hydrogen-bond acceptors (Lipinski definition) is 3. The first-order valence-corrected chi connectivity index (χ1v) is 7.10. The molecular formula is C15H21N3O4. The Hall–Kier alpha value is -2.57. The summed E-state index contributed by atoms with van der Waals surface area (Å²) >= 11 is 0. The fourth-order valence-corrected chi connectivity index (χ4v) is 1.87. The van der Waals surface area contributed by atoms with E-state index in [1.165, 1.54) is 0 Å². The standard InChI is InChI=1S/C15H21N3O4/c1-2-3-4-12(14(20)21)18-13(19)11-7-5-10(6-8-11)9-17-15(16)22/h5-8,12H,2-4,9H2,1H3,(H,18,19)(H,20,21)(H3,16,17,22)/t12-/m0/s1. The van der Waals surface area contributed by atoms with E-state index in [4.69, 9.17) is 10.8 Å². The summed E-state index contributed by atoms with van der Waals surface area (Å²) in [4.78, 5) is 33.8. The molecule has 120 valence electrons. The second-order valence-electron chi connectivity index (χ2n) is 4.92. The van der Waals surface area contributed by atoms with Crippen LogP contribution >= 0.6 is 0 Å². The van der Waals surface area contributed by atoms with E-state index in [9.17, 15) is 14.4 Å². The van der Waals surface area contributed by atoms with Crippen LogP contribution in [0.3, 0.4) is 0 Å². The fourth-order valence-electron chi connectivity index (χ4n) is 1.87. The molecule has 0 bridgehead atoms. The summed E-state index contributed by atoms with van der Waals surface area (Å²) in [6.45, 7) is 2.23. The van der Waals surface area contributed by atoms with E-state index in [1.807, 2.05) is 6.92 Å². The number of carboxylic acids is 1. The van der Waals surface area contributed by atoms with Crippen LogP contribution in [0.15, 0.2) is 24.3 Å². The molecule has 3 amide bonds. The smallest absolute Gasteiger partial charge is 0.326 e. The van der Waals surface area contributed by atoms with Gasteiger partial charge in [-0.3, -0.25) is 4.79 Å². The topological polar surface area (TPSA) is 122 Å². The van der Waals surface area contributed by atoms with Crippen molar-refractivity contribution < 1.29 is 19.5 Å². The van der Waals surface area contributed by atoms with Gasteiger partial charge in [0.15, 0.2) is 0 Å². The number of primary amides is 1. The van der Waals surface area contributed by atoms with Gasteiger partial charge in [0.1, 0.15) is 6.04 Å². The number of unbranched alkanes of at least 4 members (excludes halogenated alkanes) is 1. The Morgan fingerprint density at radius 1 is 1.23 bits per heavy atom. The number of aliphatic carboxylic acids is 1. The Balaban J connectivity index is 2.64. The van der Waals surface area contributed by atoms with Crippen LogP contribution in [-0.2, 0) is 11.3 Å². The Kier molecular flexibility index (Phi) is 6.88. The summed E-state index contributed by atoms with van der Waals surface area (Å²) in [6.07, 6.45) is 1.99. The summed E-state index contributed by atoms with van der Waals surface area (Å²) in [5.41, 5.74) is 6.13. The summed E-state index contributed by atoms with van der Waals surface area (Å²) in [5, 5.41) is 14.0. The van der Waals surface area contributed by atoms with Crippen molar-refractivity contribution >= 4 is 17.9 Å². The molecule has 1 aromatic rings. The van der Waals surface area contributed by atoms with Crippen LogP contribution in [0.2, 0.25) is 0 Å². The summed E-state index contributed by atoms with van der Waals surface area (Å²) in [7, 11) is 0. The number of carbonyl (C=O) groups excluding carboxylic acids is 2. The first-order chi connectivity index (χ1) is 10.4. The first-order valence-electron chi connectivity index (χ1n) is 7.10. The van der Waals surface area contributed by atoms with Gasteiger partial charge in [-0.1, -0.05) is 31.9 Å². The second-order valence-corrected chi connectivity index (χ2v) is 4.92. The Labute approximate surface area is 128 Å². The second kappa shape index (κ2) is 8.66. The van der Waals surface area contributed by atoms with Crippen molar-refractivity contribution in [1.82, 2.24) is 10.6 Å². The van der Waals surface area contributed by atoms with Gasteiger partial charge in [0.25, 0.3) is 5.91 Å². The van der Waals surface area contributed by atoms with Gasteiger partial charge >= 0.3 is 12.0 Å². The third-order valence-corrected chi connectivity index (χ3v) is 3.13. The number of benzene rings is 1. The maximum Gasteiger partial charge on any atom is 0.326 e. The SMILES string of the molecule is CCCC[C@H](NC(=O)c1ccc(CNC(N)=O)cc1)C(=O)O. The summed E-state index contributed by atoms with van der Waals surface area (Å²) < 4.78 is 0. The largest absolute Gasteiger partial charge is 0.480 e. The maximum absolute atomic E-state index is 12.0. The number of carbonyl (C=O) groups is 3. The average Bonchev–Trinajstić information content (AvgIpc) is 2.49. The lowest BCUT2D eigenvalue weighted by Crippen LogP contribution is -2.40. The predicted octanol–water partition coefficient (Wildman–Crippen LogP) is 1.23. The van der Waals surface area contributed by atoms with Gasteiger partial charge in [0, 0.05) is 12.1 Å². The van der Waals surface area contributed by atoms with Crippen molar-refractivity contribution in [3.05, 3.63) is 35.4 Å². The Morgan fingerprint density at radius 2 is 1.86 bits per heavy atom. The van der Waals surface area contributed by atoms with Crippen LogP contribution < -0.4 is 16.4 Å². The molecule has 0 saturated heterocycles. The van der Waals surface area contributed by atoms with Crippen LogP contribution in [-0.4, -0.2) is 29.1 Å². The van der Waals surface area contributed by atoms with Crippen LogP contribution in [0.5, 0.6) is 0 Å². The van der Waals surface area contributed by atoms with Crippen molar-refractivity contribution in [3.8, 4) is 0 Å². The third-order valence-electron chi connectivity index (χ3n) is 3.13. The van der Waals surface area contributed by atoms with Gasteiger partial charge in [0.05, 0.1) is 0 Å². The molecule has 22 heavy (non-hydrogen) atoms. The number of nitrogens with one attached hydrogen (secondary N) is 2. The molecule has 0 radical (unpaired) electrons. The van der Waals surface area contributed by atoms with E-state index in [-0.39, 0.29) is 6.54 Å². The molecule has 0 unspecified atom stereocenters. The molecule has 1 aromatic carbocycles. The lowest BCUT2D eigenvalue weighted by Gasteiger charge is -2.14. The molecule has 1 atom stereocenters. The molecule has 0 saturated carbocycles. The normalized spacial score (nSPS) is 11.5. The van der Waals surface area contributed by atoms with Gasteiger partial charge < -0.3 is 21.5 Å². The average molecular weight is 307 g/mol. The third kappa shape index (κ3) is 5.82. The Bertz CT molecular complexity index is 528. The van der Waals surface area contributed by atoms with Crippen LogP contribution in [0, 0.1) is 0 Å². The fraction of sp³-hybridized carbons (Fsp3) is 0.400.